The minimum absolute atomic E-state index is 0.00269. The third-order valence-corrected chi connectivity index (χ3v) is 4.68. The quantitative estimate of drug-likeness (QED) is 0.724. The van der Waals surface area contributed by atoms with Crippen LogP contribution in [-0.4, -0.2) is 47.0 Å². The second-order valence-corrected chi connectivity index (χ2v) is 6.31. The Bertz CT molecular complexity index is 902. The van der Waals surface area contributed by atoms with Crippen LogP contribution in [0, 0.1) is 6.92 Å². The van der Waals surface area contributed by atoms with Crippen LogP contribution >= 0.6 is 0 Å². The Labute approximate surface area is 146 Å². The molecule has 0 atom stereocenters. The summed E-state index contributed by atoms with van der Waals surface area (Å²) < 4.78 is 0. The molecule has 1 aliphatic rings. The van der Waals surface area contributed by atoms with Gasteiger partial charge in [0.25, 0.3) is 5.91 Å². The summed E-state index contributed by atoms with van der Waals surface area (Å²) in [6.45, 7) is 5.05. The molecule has 1 aromatic carbocycles. The van der Waals surface area contributed by atoms with Crippen LogP contribution in [0.3, 0.4) is 0 Å². The fourth-order valence-electron chi connectivity index (χ4n) is 3.28. The molecular weight excluding hydrogens is 312 g/mol. The molecule has 1 amide bonds. The number of para-hydroxylation sites is 1. The van der Waals surface area contributed by atoms with E-state index in [1.54, 1.807) is 12.3 Å². The molecule has 25 heavy (non-hydrogen) atoms. The molecule has 0 radical (unpaired) electrons. The van der Waals surface area contributed by atoms with Crippen molar-refractivity contribution < 1.29 is 4.79 Å². The molecule has 3 heterocycles. The van der Waals surface area contributed by atoms with E-state index in [1.807, 2.05) is 35.2 Å². The molecule has 0 aliphatic carbocycles. The van der Waals surface area contributed by atoms with Crippen LogP contribution in [0.25, 0.3) is 10.9 Å². The predicted octanol–water partition coefficient (Wildman–Crippen LogP) is 2.90. The maximum absolute atomic E-state index is 12.5. The van der Waals surface area contributed by atoms with Crippen LogP contribution in [0.15, 0.2) is 54.7 Å². The van der Waals surface area contributed by atoms with Crippen molar-refractivity contribution >= 4 is 22.6 Å². The van der Waals surface area contributed by atoms with Crippen molar-refractivity contribution in [2.45, 2.75) is 6.92 Å². The maximum Gasteiger partial charge on any atom is 0.272 e. The van der Waals surface area contributed by atoms with Gasteiger partial charge in [-0.3, -0.25) is 9.78 Å². The number of amides is 1. The van der Waals surface area contributed by atoms with Crippen molar-refractivity contribution in [3.63, 3.8) is 0 Å². The number of anilines is 1. The van der Waals surface area contributed by atoms with Gasteiger partial charge >= 0.3 is 0 Å². The lowest BCUT2D eigenvalue weighted by molar-refractivity contribution is 0.0740. The van der Waals surface area contributed by atoms with Crippen molar-refractivity contribution in [1.29, 1.82) is 0 Å². The van der Waals surface area contributed by atoms with Crippen LogP contribution < -0.4 is 4.90 Å². The molecule has 4 rings (SSSR count). The van der Waals surface area contributed by atoms with Gasteiger partial charge in [0.05, 0.1) is 5.52 Å². The zero-order chi connectivity index (χ0) is 17.2. The van der Waals surface area contributed by atoms with Gasteiger partial charge in [-0.25, -0.2) is 4.98 Å². The molecule has 5 nitrogen and oxygen atoms in total. The summed E-state index contributed by atoms with van der Waals surface area (Å²) in [5, 5.41) is 1.19. The van der Waals surface area contributed by atoms with Crippen LogP contribution in [0.2, 0.25) is 0 Å². The summed E-state index contributed by atoms with van der Waals surface area (Å²) in [5.41, 5.74) is 2.76. The molecule has 0 unspecified atom stereocenters. The van der Waals surface area contributed by atoms with Crippen LogP contribution in [0.1, 0.15) is 16.1 Å². The maximum atomic E-state index is 12.5. The molecule has 126 valence electrons. The SMILES string of the molecule is Cc1cc(N2CCN(C(=O)c3ccccn3)CC2)nc2ccccc12. The minimum Gasteiger partial charge on any atom is -0.353 e. The van der Waals surface area contributed by atoms with E-state index in [4.69, 9.17) is 4.98 Å². The lowest BCUT2D eigenvalue weighted by atomic mass is 10.1. The second-order valence-electron chi connectivity index (χ2n) is 6.31. The number of rotatable bonds is 2. The number of nitrogens with zero attached hydrogens (tertiary/aromatic N) is 4. The molecule has 0 saturated carbocycles. The van der Waals surface area contributed by atoms with Gasteiger partial charge in [0.2, 0.25) is 0 Å². The lowest BCUT2D eigenvalue weighted by Gasteiger charge is -2.35. The molecule has 2 aromatic heterocycles. The number of aryl methyl sites for hydroxylation is 1. The molecule has 3 aromatic rings. The monoisotopic (exact) mass is 332 g/mol. The third-order valence-electron chi connectivity index (χ3n) is 4.68. The highest BCUT2D eigenvalue weighted by molar-refractivity contribution is 5.92. The van der Waals surface area contributed by atoms with Gasteiger partial charge in [-0.2, -0.15) is 0 Å². The normalized spacial score (nSPS) is 14.8. The van der Waals surface area contributed by atoms with Crippen molar-refractivity contribution in [3.8, 4) is 0 Å². The predicted molar refractivity (Wildman–Crippen MR) is 98.8 cm³/mol. The zero-order valence-electron chi connectivity index (χ0n) is 14.2. The number of aromatic nitrogens is 2. The highest BCUT2D eigenvalue weighted by atomic mass is 16.2. The number of carbonyl (C=O) groups is 1. The fraction of sp³-hybridized carbons (Fsp3) is 0.250. The van der Waals surface area contributed by atoms with E-state index in [-0.39, 0.29) is 5.91 Å². The lowest BCUT2D eigenvalue weighted by Crippen LogP contribution is -2.49. The Balaban J connectivity index is 1.50. The number of piperazine rings is 1. The summed E-state index contributed by atoms with van der Waals surface area (Å²) in [7, 11) is 0. The minimum atomic E-state index is 0.00269. The summed E-state index contributed by atoms with van der Waals surface area (Å²) in [5.74, 6) is 0.990. The molecule has 1 fully saturated rings. The van der Waals surface area contributed by atoms with E-state index < -0.39 is 0 Å². The Hall–Kier alpha value is -2.95. The average molecular weight is 332 g/mol. The van der Waals surface area contributed by atoms with E-state index in [0.717, 1.165) is 24.4 Å². The largest absolute Gasteiger partial charge is 0.353 e. The first kappa shape index (κ1) is 15.6. The third kappa shape index (κ3) is 3.05. The Morgan fingerprint density at radius 1 is 1.00 bits per heavy atom. The fourth-order valence-corrected chi connectivity index (χ4v) is 3.28. The van der Waals surface area contributed by atoms with Crippen molar-refractivity contribution in [3.05, 3.63) is 66.0 Å². The Morgan fingerprint density at radius 2 is 1.76 bits per heavy atom. The summed E-state index contributed by atoms with van der Waals surface area (Å²) in [4.78, 5) is 25.6. The highest BCUT2D eigenvalue weighted by Crippen LogP contribution is 2.23. The van der Waals surface area contributed by atoms with Crippen molar-refractivity contribution in [2.24, 2.45) is 0 Å². The first-order valence-electron chi connectivity index (χ1n) is 8.54. The zero-order valence-corrected chi connectivity index (χ0v) is 14.2. The van der Waals surface area contributed by atoms with E-state index in [0.29, 0.717) is 18.8 Å². The van der Waals surface area contributed by atoms with Gasteiger partial charge < -0.3 is 9.80 Å². The molecule has 1 aliphatic heterocycles. The van der Waals surface area contributed by atoms with Gasteiger partial charge in [0.15, 0.2) is 0 Å². The van der Waals surface area contributed by atoms with E-state index in [2.05, 4.69) is 28.9 Å². The summed E-state index contributed by atoms with van der Waals surface area (Å²) >= 11 is 0. The first-order valence-corrected chi connectivity index (χ1v) is 8.54. The van der Waals surface area contributed by atoms with Gasteiger partial charge in [-0.1, -0.05) is 24.3 Å². The summed E-state index contributed by atoms with van der Waals surface area (Å²) in [6, 6.07) is 15.8. The van der Waals surface area contributed by atoms with E-state index >= 15 is 0 Å². The first-order chi connectivity index (χ1) is 12.2. The molecular formula is C20H20N4O. The number of hydrogen-bond donors (Lipinski definition) is 0. The van der Waals surface area contributed by atoms with E-state index in [1.165, 1.54) is 10.9 Å². The summed E-state index contributed by atoms with van der Waals surface area (Å²) in [6.07, 6.45) is 1.66. The van der Waals surface area contributed by atoms with Crippen molar-refractivity contribution in [1.82, 2.24) is 14.9 Å². The van der Waals surface area contributed by atoms with E-state index in [9.17, 15) is 4.79 Å². The Morgan fingerprint density at radius 3 is 2.52 bits per heavy atom. The van der Waals surface area contributed by atoms with Gasteiger partial charge in [0, 0.05) is 37.8 Å². The van der Waals surface area contributed by atoms with Crippen LogP contribution in [-0.2, 0) is 0 Å². The number of fused-ring (bicyclic) bond motifs is 1. The number of carbonyl (C=O) groups excluding carboxylic acids is 1. The van der Waals surface area contributed by atoms with Crippen LogP contribution in [0.4, 0.5) is 5.82 Å². The molecule has 5 heteroatoms. The molecule has 0 bridgehead atoms. The standard InChI is InChI=1S/C20H20N4O/c1-15-14-19(22-17-7-3-2-6-16(15)17)23-10-12-24(13-11-23)20(25)18-8-4-5-9-21-18/h2-9,14H,10-13H2,1H3. The smallest absolute Gasteiger partial charge is 0.272 e. The highest BCUT2D eigenvalue weighted by Gasteiger charge is 2.23. The number of pyridine rings is 2. The second kappa shape index (κ2) is 6.51. The Kier molecular flexibility index (Phi) is 4.06. The number of benzene rings is 1. The molecule has 1 saturated heterocycles. The average Bonchev–Trinajstić information content (AvgIpc) is 2.68. The van der Waals surface area contributed by atoms with Crippen LogP contribution in [0.5, 0.6) is 0 Å². The van der Waals surface area contributed by atoms with Crippen molar-refractivity contribution in [2.75, 3.05) is 31.1 Å². The molecule has 0 N–H and O–H groups in total. The van der Waals surface area contributed by atoms with Gasteiger partial charge in [0.1, 0.15) is 11.5 Å². The number of hydrogen-bond acceptors (Lipinski definition) is 4. The topological polar surface area (TPSA) is 49.3 Å². The van der Waals surface area contributed by atoms with Gasteiger partial charge in [-0.15, -0.1) is 0 Å². The van der Waals surface area contributed by atoms with Gasteiger partial charge in [-0.05, 0) is 36.8 Å². The molecule has 0 spiro atoms.